The van der Waals surface area contributed by atoms with E-state index < -0.39 is 11.8 Å². The summed E-state index contributed by atoms with van der Waals surface area (Å²) in [6.45, 7) is 6.40. The fourth-order valence-electron chi connectivity index (χ4n) is 0.952. The SMILES string of the molecule is C=C/C(F)=C(\N=C)c1ccc(N)c(F)n1. The van der Waals surface area contributed by atoms with Crippen molar-refractivity contribution in [3.05, 3.63) is 42.3 Å². The Hall–Kier alpha value is -2.04. The first-order chi connectivity index (χ1) is 7.10. The van der Waals surface area contributed by atoms with E-state index >= 15 is 0 Å². The van der Waals surface area contributed by atoms with Crippen molar-refractivity contribution in [1.29, 1.82) is 0 Å². The summed E-state index contributed by atoms with van der Waals surface area (Å²) in [4.78, 5) is 6.86. The lowest BCUT2D eigenvalue weighted by Crippen LogP contribution is -1.97. The zero-order valence-corrected chi connectivity index (χ0v) is 7.87. The first-order valence-electron chi connectivity index (χ1n) is 4.01. The number of pyridine rings is 1. The molecule has 0 amide bonds. The van der Waals surface area contributed by atoms with Gasteiger partial charge in [-0.3, -0.25) is 4.99 Å². The molecular formula is C10H9F2N3. The predicted octanol–water partition coefficient (Wildman–Crippen LogP) is 2.33. The zero-order chi connectivity index (χ0) is 11.4. The molecule has 0 saturated carbocycles. The number of hydrogen-bond donors (Lipinski definition) is 1. The van der Waals surface area contributed by atoms with Crippen molar-refractivity contribution in [2.75, 3.05) is 5.73 Å². The lowest BCUT2D eigenvalue weighted by Gasteiger charge is -2.02. The Kier molecular flexibility index (Phi) is 3.28. The Morgan fingerprint density at radius 1 is 1.53 bits per heavy atom. The third kappa shape index (κ3) is 2.25. The van der Waals surface area contributed by atoms with Crippen LogP contribution < -0.4 is 5.73 Å². The third-order valence-electron chi connectivity index (χ3n) is 1.68. The maximum atomic E-state index is 13.1. The molecule has 0 radical (unpaired) electrons. The molecule has 1 rings (SSSR count). The Balaban J connectivity index is 3.32. The molecule has 0 bridgehead atoms. The molecule has 0 atom stereocenters. The molecule has 0 saturated heterocycles. The molecular weight excluding hydrogens is 200 g/mol. The number of nitrogen functional groups attached to an aromatic ring is 1. The van der Waals surface area contributed by atoms with E-state index in [1.54, 1.807) is 0 Å². The van der Waals surface area contributed by atoms with E-state index in [1.165, 1.54) is 12.1 Å². The highest BCUT2D eigenvalue weighted by molar-refractivity contribution is 5.69. The van der Waals surface area contributed by atoms with Crippen LogP contribution in [-0.4, -0.2) is 11.7 Å². The summed E-state index contributed by atoms with van der Waals surface area (Å²) in [5.41, 5.74) is 4.97. The minimum absolute atomic E-state index is 0.0223. The molecule has 1 aromatic rings. The number of nitrogens with zero attached hydrogens (tertiary/aromatic N) is 2. The van der Waals surface area contributed by atoms with Crippen molar-refractivity contribution in [2.24, 2.45) is 4.99 Å². The Bertz CT molecular complexity index is 438. The summed E-state index contributed by atoms with van der Waals surface area (Å²) in [5.74, 6) is -1.59. The van der Waals surface area contributed by atoms with Gasteiger partial charge in [-0.15, -0.1) is 0 Å². The van der Waals surface area contributed by atoms with Gasteiger partial charge in [0.05, 0.1) is 11.4 Å². The summed E-state index contributed by atoms with van der Waals surface area (Å²) in [6, 6.07) is 2.63. The maximum absolute atomic E-state index is 13.1. The molecule has 1 heterocycles. The second-order valence-electron chi connectivity index (χ2n) is 2.64. The van der Waals surface area contributed by atoms with Gasteiger partial charge < -0.3 is 5.73 Å². The standard InChI is InChI=1S/C10H9F2N3/c1-3-6(11)9(14-2)8-5-4-7(13)10(12)15-8/h3-5H,1-2,13H2/b9-6+. The molecule has 3 nitrogen and oxygen atoms in total. The molecule has 0 spiro atoms. The predicted molar refractivity (Wildman–Crippen MR) is 56.4 cm³/mol. The number of allylic oxidation sites excluding steroid dienone is 2. The van der Waals surface area contributed by atoms with Crippen LogP contribution in [0.2, 0.25) is 0 Å². The Morgan fingerprint density at radius 2 is 2.20 bits per heavy atom. The summed E-state index contributed by atoms with van der Waals surface area (Å²) in [5, 5.41) is 0. The summed E-state index contributed by atoms with van der Waals surface area (Å²) < 4.78 is 26.1. The van der Waals surface area contributed by atoms with Gasteiger partial charge in [0.15, 0.2) is 0 Å². The van der Waals surface area contributed by atoms with Crippen LogP contribution in [0.4, 0.5) is 14.5 Å². The largest absolute Gasteiger partial charge is 0.395 e. The van der Waals surface area contributed by atoms with E-state index in [1.807, 2.05) is 0 Å². The molecule has 5 heteroatoms. The van der Waals surface area contributed by atoms with E-state index in [4.69, 9.17) is 5.73 Å². The number of nitrogens with two attached hydrogens (primary N) is 1. The number of anilines is 1. The van der Waals surface area contributed by atoms with Crippen molar-refractivity contribution < 1.29 is 8.78 Å². The second-order valence-corrected chi connectivity index (χ2v) is 2.64. The van der Waals surface area contributed by atoms with E-state index in [-0.39, 0.29) is 17.1 Å². The van der Waals surface area contributed by atoms with Gasteiger partial charge in [0, 0.05) is 0 Å². The van der Waals surface area contributed by atoms with Gasteiger partial charge in [-0.05, 0) is 24.9 Å². The molecule has 0 aliphatic rings. The third-order valence-corrected chi connectivity index (χ3v) is 1.68. The highest BCUT2D eigenvalue weighted by Gasteiger charge is 2.09. The first-order valence-corrected chi connectivity index (χ1v) is 4.01. The van der Waals surface area contributed by atoms with Gasteiger partial charge in [0.25, 0.3) is 0 Å². The van der Waals surface area contributed by atoms with Crippen LogP contribution >= 0.6 is 0 Å². The lowest BCUT2D eigenvalue weighted by molar-refractivity contribution is 0.586. The molecule has 0 aliphatic carbocycles. The van der Waals surface area contributed by atoms with Gasteiger partial charge in [-0.1, -0.05) is 6.58 Å². The molecule has 78 valence electrons. The molecule has 0 aliphatic heterocycles. The molecule has 0 fully saturated rings. The van der Waals surface area contributed by atoms with Gasteiger partial charge in [-0.2, -0.15) is 4.39 Å². The van der Waals surface area contributed by atoms with Crippen LogP contribution in [-0.2, 0) is 0 Å². The molecule has 2 N–H and O–H groups in total. The van der Waals surface area contributed by atoms with Crippen molar-refractivity contribution in [3.8, 4) is 0 Å². The van der Waals surface area contributed by atoms with Crippen LogP contribution in [0.5, 0.6) is 0 Å². The van der Waals surface area contributed by atoms with Crippen molar-refractivity contribution in [1.82, 2.24) is 4.98 Å². The summed E-state index contributed by atoms with van der Waals surface area (Å²) in [6.07, 6.45) is 0.944. The number of halogens is 2. The van der Waals surface area contributed by atoms with E-state index in [0.29, 0.717) is 0 Å². The van der Waals surface area contributed by atoms with Crippen LogP contribution in [0.25, 0.3) is 5.70 Å². The molecule has 15 heavy (non-hydrogen) atoms. The van der Waals surface area contributed by atoms with Gasteiger partial charge in [0.2, 0.25) is 5.95 Å². The number of aliphatic imine (C=N–C) groups is 1. The minimum atomic E-state index is -0.870. The Morgan fingerprint density at radius 3 is 2.67 bits per heavy atom. The average molecular weight is 209 g/mol. The van der Waals surface area contributed by atoms with Gasteiger partial charge in [0.1, 0.15) is 11.5 Å². The topological polar surface area (TPSA) is 51.3 Å². The number of rotatable bonds is 3. The Labute approximate surface area is 85.7 Å². The van der Waals surface area contributed by atoms with Crippen LogP contribution in [0.15, 0.2) is 35.6 Å². The number of aromatic nitrogens is 1. The fourth-order valence-corrected chi connectivity index (χ4v) is 0.952. The lowest BCUT2D eigenvalue weighted by atomic mass is 10.2. The van der Waals surface area contributed by atoms with Crippen molar-refractivity contribution in [3.63, 3.8) is 0 Å². The molecule has 0 aromatic carbocycles. The molecule has 0 unspecified atom stereocenters. The zero-order valence-electron chi connectivity index (χ0n) is 7.87. The maximum Gasteiger partial charge on any atom is 0.236 e. The van der Waals surface area contributed by atoms with Crippen molar-refractivity contribution >= 4 is 18.1 Å². The van der Waals surface area contributed by atoms with Gasteiger partial charge in [-0.25, -0.2) is 9.37 Å². The number of hydrogen-bond acceptors (Lipinski definition) is 3. The summed E-state index contributed by atoms with van der Waals surface area (Å²) in [7, 11) is 0. The highest BCUT2D eigenvalue weighted by Crippen LogP contribution is 2.21. The highest BCUT2D eigenvalue weighted by atomic mass is 19.1. The van der Waals surface area contributed by atoms with E-state index in [9.17, 15) is 8.78 Å². The summed E-state index contributed by atoms with van der Waals surface area (Å²) >= 11 is 0. The molecule has 1 aromatic heterocycles. The van der Waals surface area contributed by atoms with E-state index in [0.717, 1.165) is 6.08 Å². The first kappa shape index (κ1) is 11.0. The average Bonchev–Trinajstić information content (AvgIpc) is 2.24. The minimum Gasteiger partial charge on any atom is -0.395 e. The smallest absolute Gasteiger partial charge is 0.236 e. The van der Waals surface area contributed by atoms with Gasteiger partial charge >= 0.3 is 0 Å². The quantitative estimate of drug-likeness (QED) is 0.472. The second kappa shape index (κ2) is 4.45. The normalized spacial score (nSPS) is 11.9. The fraction of sp³-hybridized carbons (Fsp3) is 0. The van der Waals surface area contributed by atoms with Crippen LogP contribution in [0.3, 0.4) is 0 Å². The van der Waals surface area contributed by atoms with E-state index in [2.05, 4.69) is 23.3 Å². The van der Waals surface area contributed by atoms with Crippen LogP contribution in [0, 0.1) is 5.95 Å². The van der Waals surface area contributed by atoms with Crippen molar-refractivity contribution in [2.45, 2.75) is 0 Å². The van der Waals surface area contributed by atoms with Crippen LogP contribution in [0.1, 0.15) is 5.69 Å². The monoisotopic (exact) mass is 209 g/mol.